The normalized spacial score (nSPS) is 24.1. The number of pyridine rings is 1. The van der Waals surface area contributed by atoms with Crippen LogP contribution in [-0.2, 0) is 11.3 Å². The highest BCUT2D eigenvalue weighted by Gasteiger charge is 2.61. The Balaban J connectivity index is 1.35. The summed E-state index contributed by atoms with van der Waals surface area (Å²) in [7, 11) is 0. The first-order chi connectivity index (χ1) is 12.5. The molecule has 1 aliphatic heterocycles. The third-order valence-electron chi connectivity index (χ3n) is 5.67. The molecule has 1 saturated heterocycles. The van der Waals surface area contributed by atoms with Gasteiger partial charge in [-0.05, 0) is 50.5 Å². The number of carbonyl (C=O) groups is 2. The Hall–Kier alpha value is -2.63. The summed E-state index contributed by atoms with van der Waals surface area (Å²) in [5.41, 5.74) is 1.64. The van der Waals surface area contributed by atoms with E-state index in [1.54, 1.807) is 18.5 Å². The van der Waals surface area contributed by atoms with Crippen molar-refractivity contribution in [2.24, 2.45) is 11.3 Å². The lowest BCUT2D eigenvalue weighted by Crippen LogP contribution is -2.31. The van der Waals surface area contributed by atoms with Crippen LogP contribution in [0.1, 0.15) is 40.3 Å². The minimum absolute atomic E-state index is 0.00863. The van der Waals surface area contributed by atoms with Crippen LogP contribution >= 0.6 is 0 Å². The van der Waals surface area contributed by atoms with Gasteiger partial charge in [-0.25, -0.2) is 0 Å². The van der Waals surface area contributed by atoms with Crippen LogP contribution in [0.5, 0.6) is 0 Å². The van der Waals surface area contributed by atoms with E-state index in [2.05, 4.69) is 10.3 Å². The van der Waals surface area contributed by atoms with Crippen molar-refractivity contribution >= 4 is 11.8 Å². The number of likely N-dealkylation sites (tertiary alicyclic amines) is 1. The molecule has 3 heterocycles. The average Bonchev–Trinajstić information content (AvgIpc) is 2.98. The number of hydrogen-bond acceptors (Lipinski definition) is 4. The van der Waals surface area contributed by atoms with Gasteiger partial charge in [-0.1, -0.05) is 0 Å². The summed E-state index contributed by atoms with van der Waals surface area (Å²) in [5.74, 6) is 1.52. The van der Waals surface area contributed by atoms with Crippen molar-refractivity contribution in [2.75, 3.05) is 13.1 Å². The van der Waals surface area contributed by atoms with Crippen molar-refractivity contribution < 1.29 is 14.0 Å². The third kappa shape index (κ3) is 3.00. The van der Waals surface area contributed by atoms with Crippen LogP contribution in [0.2, 0.25) is 0 Å². The van der Waals surface area contributed by atoms with E-state index in [1.807, 2.05) is 30.9 Å². The summed E-state index contributed by atoms with van der Waals surface area (Å²) in [6, 6.07) is 5.59. The summed E-state index contributed by atoms with van der Waals surface area (Å²) in [5, 5.41) is 3.02. The number of nitrogens with zero attached hydrogens (tertiary/aromatic N) is 2. The molecule has 2 atom stereocenters. The topological polar surface area (TPSA) is 75.4 Å². The lowest BCUT2D eigenvalue weighted by atomic mass is 10.0. The van der Waals surface area contributed by atoms with Gasteiger partial charge < -0.3 is 14.6 Å². The fraction of sp³-hybridized carbons (Fsp3) is 0.450. The smallest absolute Gasteiger partial charge is 0.257 e. The molecule has 1 spiro atoms. The molecule has 6 nitrogen and oxygen atoms in total. The Bertz CT molecular complexity index is 845. The molecule has 0 bridgehead atoms. The molecule has 2 aromatic rings. The van der Waals surface area contributed by atoms with Crippen LogP contribution in [0.25, 0.3) is 0 Å². The van der Waals surface area contributed by atoms with Gasteiger partial charge in [0.15, 0.2) is 0 Å². The van der Waals surface area contributed by atoms with Gasteiger partial charge in [0, 0.05) is 43.4 Å². The monoisotopic (exact) mass is 353 g/mol. The van der Waals surface area contributed by atoms with Gasteiger partial charge in [0.1, 0.15) is 11.5 Å². The molecule has 2 fully saturated rings. The molecular weight excluding hydrogens is 330 g/mol. The maximum atomic E-state index is 12.7. The van der Waals surface area contributed by atoms with Gasteiger partial charge in [-0.3, -0.25) is 14.6 Å². The molecule has 4 rings (SSSR count). The number of amides is 2. The van der Waals surface area contributed by atoms with Crippen LogP contribution in [0, 0.1) is 25.2 Å². The minimum atomic E-state index is -0.0370. The molecule has 1 aliphatic carbocycles. The second-order valence-electron chi connectivity index (χ2n) is 7.50. The van der Waals surface area contributed by atoms with Crippen molar-refractivity contribution in [1.29, 1.82) is 0 Å². The van der Waals surface area contributed by atoms with Crippen LogP contribution < -0.4 is 5.32 Å². The Morgan fingerprint density at radius 1 is 1.35 bits per heavy atom. The summed E-state index contributed by atoms with van der Waals surface area (Å²) in [6.45, 7) is 5.54. The summed E-state index contributed by atoms with van der Waals surface area (Å²) < 4.78 is 5.48. The SMILES string of the molecule is Cc1cc(C(=O)N2CC[C@@]3(C[C@@H]3C(=O)NCc3ccncc3)C2)c(C)o1. The fourth-order valence-electron chi connectivity index (χ4n) is 4.07. The molecule has 0 aromatic carbocycles. The second kappa shape index (κ2) is 6.27. The number of carbonyl (C=O) groups excluding carboxylic acids is 2. The summed E-state index contributed by atoms with van der Waals surface area (Å²) in [4.78, 5) is 31.1. The molecule has 2 amide bonds. The molecule has 2 aliphatic rings. The van der Waals surface area contributed by atoms with Crippen LogP contribution in [0.4, 0.5) is 0 Å². The van der Waals surface area contributed by atoms with Gasteiger partial charge in [-0.15, -0.1) is 0 Å². The van der Waals surface area contributed by atoms with Crippen molar-refractivity contribution in [2.45, 2.75) is 33.2 Å². The number of aryl methyl sites for hydroxylation is 2. The average molecular weight is 353 g/mol. The predicted octanol–water partition coefficient (Wildman–Crippen LogP) is 2.46. The zero-order valence-electron chi connectivity index (χ0n) is 15.1. The van der Waals surface area contributed by atoms with Crippen molar-refractivity contribution in [3.8, 4) is 0 Å². The van der Waals surface area contributed by atoms with E-state index in [-0.39, 0.29) is 23.1 Å². The first-order valence-corrected chi connectivity index (χ1v) is 9.01. The molecule has 0 unspecified atom stereocenters. The van der Waals surface area contributed by atoms with Gasteiger partial charge >= 0.3 is 0 Å². The first-order valence-electron chi connectivity index (χ1n) is 9.01. The number of aromatic nitrogens is 1. The second-order valence-corrected chi connectivity index (χ2v) is 7.50. The number of rotatable bonds is 4. The molecule has 1 N–H and O–H groups in total. The van der Waals surface area contributed by atoms with E-state index < -0.39 is 0 Å². The quantitative estimate of drug-likeness (QED) is 0.916. The van der Waals surface area contributed by atoms with Crippen molar-refractivity contribution in [3.05, 3.63) is 53.2 Å². The fourth-order valence-corrected chi connectivity index (χ4v) is 4.07. The van der Waals surface area contributed by atoms with E-state index in [0.717, 1.165) is 24.2 Å². The Kier molecular flexibility index (Phi) is 4.05. The maximum absolute atomic E-state index is 12.7. The largest absolute Gasteiger partial charge is 0.466 e. The highest BCUT2D eigenvalue weighted by Crippen LogP contribution is 2.58. The molecule has 2 aromatic heterocycles. The predicted molar refractivity (Wildman–Crippen MR) is 95.3 cm³/mol. The zero-order chi connectivity index (χ0) is 18.3. The van der Waals surface area contributed by atoms with Gasteiger partial charge in [-0.2, -0.15) is 0 Å². The first kappa shape index (κ1) is 16.8. The lowest BCUT2D eigenvalue weighted by Gasteiger charge is -2.16. The van der Waals surface area contributed by atoms with E-state index in [9.17, 15) is 9.59 Å². The third-order valence-corrected chi connectivity index (χ3v) is 5.67. The highest BCUT2D eigenvalue weighted by atomic mass is 16.3. The van der Waals surface area contributed by atoms with E-state index in [1.165, 1.54) is 0 Å². The summed E-state index contributed by atoms with van der Waals surface area (Å²) in [6.07, 6.45) is 5.20. The number of hydrogen-bond donors (Lipinski definition) is 1. The molecule has 26 heavy (non-hydrogen) atoms. The van der Waals surface area contributed by atoms with Crippen LogP contribution in [-0.4, -0.2) is 34.8 Å². The van der Waals surface area contributed by atoms with Gasteiger partial charge in [0.2, 0.25) is 5.91 Å². The highest BCUT2D eigenvalue weighted by molar-refractivity contribution is 5.95. The Morgan fingerprint density at radius 3 is 2.81 bits per heavy atom. The van der Waals surface area contributed by atoms with Gasteiger partial charge in [0.05, 0.1) is 5.56 Å². The Labute approximate surface area is 152 Å². The van der Waals surface area contributed by atoms with Crippen molar-refractivity contribution in [1.82, 2.24) is 15.2 Å². The molecule has 136 valence electrons. The number of furan rings is 1. The van der Waals surface area contributed by atoms with Crippen LogP contribution in [0.3, 0.4) is 0 Å². The van der Waals surface area contributed by atoms with E-state index in [4.69, 9.17) is 4.42 Å². The summed E-state index contributed by atoms with van der Waals surface area (Å²) >= 11 is 0. The van der Waals surface area contributed by atoms with Crippen molar-refractivity contribution in [3.63, 3.8) is 0 Å². The number of nitrogens with one attached hydrogen (secondary N) is 1. The minimum Gasteiger partial charge on any atom is -0.466 e. The van der Waals surface area contributed by atoms with Crippen LogP contribution in [0.15, 0.2) is 35.0 Å². The zero-order valence-corrected chi connectivity index (χ0v) is 15.1. The van der Waals surface area contributed by atoms with E-state index >= 15 is 0 Å². The standard InChI is InChI=1S/C20H23N3O3/c1-13-9-16(14(2)26-13)19(25)23-8-5-20(12-23)10-17(20)18(24)22-11-15-3-6-21-7-4-15/h3-4,6-7,9,17H,5,8,10-12H2,1-2H3,(H,22,24)/t17-,20-/m1/s1. The maximum Gasteiger partial charge on any atom is 0.257 e. The lowest BCUT2D eigenvalue weighted by molar-refractivity contribution is -0.123. The molecule has 6 heteroatoms. The Morgan fingerprint density at radius 2 is 2.12 bits per heavy atom. The molecule has 1 saturated carbocycles. The van der Waals surface area contributed by atoms with E-state index in [0.29, 0.717) is 31.0 Å². The molecule has 0 radical (unpaired) electrons. The van der Waals surface area contributed by atoms with Gasteiger partial charge in [0.25, 0.3) is 5.91 Å². The molecular formula is C20H23N3O3.